The Labute approximate surface area is 250 Å². The molecule has 2 aromatic carbocycles. The highest BCUT2D eigenvalue weighted by molar-refractivity contribution is 6.34. The zero-order valence-corrected chi connectivity index (χ0v) is 24.0. The number of benzene rings is 2. The number of carbonyl (C=O) groups is 2. The monoisotopic (exact) mass is 611 g/mol. The maximum Gasteiger partial charge on any atom is 0.323 e. The van der Waals surface area contributed by atoms with Crippen LogP contribution >= 0.6 is 11.6 Å². The molecular formula is C30H28ClF2N5O5. The summed E-state index contributed by atoms with van der Waals surface area (Å²) in [5, 5.41) is 2.49. The molecule has 2 heterocycles. The smallest absolute Gasteiger partial charge is 0.323 e. The van der Waals surface area contributed by atoms with Crippen molar-refractivity contribution < 1.29 is 27.8 Å². The average molecular weight is 612 g/mol. The summed E-state index contributed by atoms with van der Waals surface area (Å²) in [5.41, 5.74) is 10.8. The van der Waals surface area contributed by atoms with Crippen LogP contribution in [0.1, 0.15) is 42.9 Å². The largest absolute Gasteiger partial charge is 0.455 e. The number of nitrogen functional groups attached to an aromatic ring is 1. The number of nitrogens with one attached hydrogen (secondary N) is 2. The number of hydrogen-bond acceptors (Lipinski definition) is 8. The highest BCUT2D eigenvalue weighted by Gasteiger charge is 2.28. The van der Waals surface area contributed by atoms with E-state index >= 15 is 0 Å². The molecule has 0 aliphatic heterocycles. The number of aromatic nitrogens is 2. The van der Waals surface area contributed by atoms with E-state index in [1.165, 1.54) is 61.8 Å². The van der Waals surface area contributed by atoms with E-state index < -0.39 is 46.6 Å². The van der Waals surface area contributed by atoms with Gasteiger partial charge in [0.2, 0.25) is 5.43 Å². The molecule has 2 aromatic heterocycles. The van der Waals surface area contributed by atoms with Crippen LogP contribution in [0.4, 0.5) is 20.3 Å². The van der Waals surface area contributed by atoms with Gasteiger partial charge in [-0.2, -0.15) is 0 Å². The van der Waals surface area contributed by atoms with Crippen molar-refractivity contribution in [2.24, 2.45) is 11.7 Å². The van der Waals surface area contributed by atoms with Gasteiger partial charge in [0.15, 0.2) is 17.3 Å². The fourth-order valence-corrected chi connectivity index (χ4v) is 4.16. The van der Waals surface area contributed by atoms with E-state index in [0.29, 0.717) is 5.56 Å². The maximum absolute atomic E-state index is 15.0. The maximum atomic E-state index is 15.0. The van der Waals surface area contributed by atoms with Crippen molar-refractivity contribution in [2.75, 3.05) is 11.1 Å². The van der Waals surface area contributed by atoms with Gasteiger partial charge in [-0.15, -0.1) is 0 Å². The Bertz CT molecular complexity index is 1730. The van der Waals surface area contributed by atoms with Gasteiger partial charge in [0.05, 0.1) is 5.69 Å². The summed E-state index contributed by atoms with van der Waals surface area (Å²) in [6.45, 7) is 4.95. The Morgan fingerprint density at radius 2 is 1.74 bits per heavy atom. The van der Waals surface area contributed by atoms with Crippen LogP contribution in [0.3, 0.4) is 0 Å². The van der Waals surface area contributed by atoms with Crippen molar-refractivity contribution in [3.63, 3.8) is 0 Å². The number of amides is 1. The number of rotatable bonds is 9. The molecule has 43 heavy (non-hydrogen) atoms. The molecule has 4 aromatic rings. The van der Waals surface area contributed by atoms with Gasteiger partial charge < -0.3 is 31.2 Å². The second-order valence-corrected chi connectivity index (χ2v) is 10.3. The number of ether oxygens (including phenoxy) is 2. The number of pyridine rings is 2. The highest BCUT2D eigenvalue weighted by Crippen LogP contribution is 2.34. The molecule has 0 bridgehead atoms. The summed E-state index contributed by atoms with van der Waals surface area (Å²) in [4.78, 5) is 46.4. The Balaban J connectivity index is 1.68. The van der Waals surface area contributed by atoms with E-state index in [2.05, 4.69) is 15.3 Å². The molecule has 2 unspecified atom stereocenters. The molecule has 0 aliphatic carbocycles. The molecular weight excluding hydrogens is 584 g/mol. The average Bonchev–Trinajstić information content (AvgIpc) is 2.96. The Hall–Kier alpha value is -4.81. The van der Waals surface area contributed by atoms with E-state index in [1.54, 1.807) is 13.8 Å². The lowest BCUT2D eigenvalue weighted by Gasteiger charge is -2.21. The van der Waals surface area contributed by atoms with Crippen molar-refractivity contribution in [3.8, 4) is 22.6 Å². The fourth-order valence-electron chi connectivity index (χ4n) is 4.01. The number of H-pyrrole nitrogens is 1. The van der Waals surface area contributed by atoms with E-state index in [-0.39, 0.29) is 45.2 Å². The van der Waals surface area contributed by atoms with Gasteiger partial charge in [-0.1, -0.05) is 37.6 Å². The summed E-state index contributed by atoms with van der Waals surface area (Å²) >= 11 is 6.07. The van der Waals surface area contributed by atoms with E-state index in [0.717, 1.165) is 6.07 Å². The van der Waals surface area contributed by atoms with Crippen LogP contribution in [0.5, 0.6) is 11.5 Å². The molecule has 4 rings (SSSR count). The number of halogens is 3. The third-order valence-electron chi connectivity index (χ3n) is 6.48. The molecule has 224 valence electrons. The Morgan fingerprint density at radius 3 is 2.40 bits per heavy atom. The van der Waals surface area contributed by atoms with Crippen molar-refractivity contribution in [3.05, 3.63) is 99.1 Å². The summed E-state index contributed by atoms with van der Waals surface area (Å²) < 4.78 is 39.5. The SMILES string of the molecule is CC(OC(=O)C(N)C(C)C)c1[nH]cc(-c2ccc(F)cc2)c(=O)c1C(=O)Nc1ccc(Oc2ccnc(N)c2Cl)c(F)c1. The molecule has 10 nitrogen and oxygen atoms in total. The summed E-state index contributed by atoms with van der Waals surface area (Å²) in [6, 6.07) is 9.12. The number of nitrogens with two attached hydrogens (primary N) is 2. The lowest BCUT2D eigenvalue weighted by Crippen LogP contribution is -2.38. The molecule has 0 radical (unpaired) electrons. The van der Waals surface area contributed by atoms with Crippen molar-refractivity contribution in [1.82, 2.24) is 9.97 Å². The third kappa shape index (κ3) is 6.99. The van der Waals surface area contributed by atoms with Crippen LogP contribution in [0.15, 0.2) is 65.7 Å². The standard InChI is InChI=1S/C30H28ClF2N5O5/c1-14(2)25(34)30(41)42-15(3)26-23(27(39)19(13-37-26)16-4-6-17(32)7-5-16)29(40)38-18-8-9-21(20(33)12-18)43-22-10-11-36-28(35)24(22)31/h4-15,25H,34H2,1-3H3,(H2,35,36)(H,37,39)(H,38,40). The fraction of sp³-hybridized carbons (Fsp3) is 0.200. The zero-order chi connectivity index (χ0) is 31.4. The van der Waals surface area contributed by atoms with Crippen LogP contribution in [-0.2, 0) is 9.53 Å². The summed E-state index contributed by atoms with van der Waals surface area (Å²) in [5.74, 6) is -3.40. The summed E-state index contributed by atoms with van der Waals surface area (Å²) in [7, 11) is 0. The first kappa shape index (κ1) is 31.1. The molecule has 13 heteroatoms. The Kier molecular flexibility index (Phi) is 9.42. The zero-order valence-electron chi connectivity index (χ0n) is 23.3. The lowest BCUT2D eigenvalue weighted by molar-refractivity contribution is -0.151. The van der Waals surface area contributed by atoms with E-state index in [4.69, 9.17) is 32.5 Å². The number of hydrogen-bond donors (Lipinski definition) is 4. The van der Waals surface area contributed by atoms with Crippen LogP contribution < -0.4 is 26.9 Å². The molecule has 0 saturated heterocycles. The van der Waals surface area contributed by atoms with Gasteiger partial charge in [0.25, 0.3) is 5.91 Å². The topological polar surface area (TPSA) is 162 Å². The molecule has 2 atom stereocenters. The van der Waals surface area contributed by atoms with Crippen molar-refractivity contribution in [2.45, 2.75) is 32.9 Å². The van der Waals surface area contributed by atoms with Crippen LogP contribution in [0.25, 0.3) is 11.1 Å². The first-order chi connectivity index (χ1) is 20.4. The Morgan fingerprint density at radius 1 is 1.05 bits per heavy atom. The van der Waals surface area contributed by atoms with E-state index in [9.17, 15) is 23.2 Å². The molecule has 0 spiro atoms. The number of nitrogens with zero attached hydrogens (tertiary/aromatic N) is 1. The first-order valence-electron chi connectivity index (χ1n) is 13.0. The van der Waals surface area contributed by atoms with Gasteiger partial charge in [-0.05, 0) is 42.7 Å². The second-order valence-electron chi connectivity index (χ2n) is 9.89. The van der Waals surface area contributed by atoms with E-state index in [1.807, 2.05) is 0 Å². The third-order valence-corrected chi connectivity index (χ3v) is 6.86. The minimum absolute atomic E-state index is 0.00144. The molecule has 0 fully saturated rings. The van der Waals surface area contributed by atoms with Crippen LogP contribution in [-0.4, -0.2) is 27.9 Å². The van der Waals surface area contributed by atoms with Gasteiger partial charge in [-0.3, -0.25) is 14.4 Å². The van der Waals surface area contributed by atoms with Crippen LogP contribution in [0.2, 0.25) is 5.02 Å². The minimum Gasteiger partial charge on any atom is -0.455 e. The minimum atomic E-state index is -1.10. The molecule has 0 saturated carbocycles. The van der Waals surface area contributed by atoms with Gasteiger partial charge in [-0.25, -0.2) is 13.8 Å². The predicted octanol–water partition coefficient (Wildman–Crippen LogP) is 5.58. The number of carbonyl (C=O) groups excluding carboxylic acids is 2. The van der Waals surface area contributed by atoms with Gasteiger partial charge in [0.1, 0.15) is 34.4 Å². The number of aromatic amines is 1. The lowest BCUT2D eigenvalue weighted by atomic mass is 10.0. The quantitative estimate of drug-likeness (QED) is 0.178. The molecule has 0 aliphatic rings. The second kappa shape index (κ2) is 13.0. The van der Waals surface area contributed by atoms with Crippen molar-refractivity contribution in [1.29, 1.82) is 0 Å². The highest BCUT2D eigenvalue weighted by atomic mass is 35.5. The van der Waals surface area contributed by atoms with Gasteiger partial charge >= 0.3 is 5.97 Å². The normalized spacial score (nSPS) is 12.5. The first-order valence-corrected chi connectivity index (χ1v) is 13.4. The predicted molar refractivity (Wildman–Crippen MR) is 158 cm³/mol. The van der Waals surface area contributed by atoms with Crippen molar-refractivity contribution >= 4 is 35.0 Å². The molecule has 6 N–H and O–H groups in total. The molecule has 1 amide bonds. The summed E-state index contributed by atoms with van der Waals surface area (Å²) in [6.07, 6.45) is 1.57. The van der Waals surface area contributed by atoms with Gasteiger partial charge in [0, 0.05) is 35.8 Å². The van der Waals surface area contributed by atoms with Crippen LogP contribution in [0, 0.1) is 17.6 Å². The number of esters is 1. The number of anilines is 2.